The molecule has 0 saturated heterocycles. The van der Waals surface area contributed by atoms with Gasteiger partial charge in [0.1, 0.15) is 5.84 Å². The van der Waals surface area contributed by atoms with Gasteiger partial charge in [0, 0.05) is 18.7 Å². The van der Waals surface area contributed by atoms with Crippen LogP contribution in [0.3, 0.4) is 0 Å². The van der Waals surface area contributed by atoms with Crippen LogP contribution in [0.5, 0.6) is 0 Å². The van der Waals surface area contributed by atoms with Crippen molar-refractivity contribution < 1.29 is 13.2 Å². The summed E-state index contributed by atoms with van der Waals surface area (Å²) in [4.78, 5) is 6.01. The van der Waals surface area contributed by atoms with Gasteiger partial charge in [-0.05, 0) is 23.6 Å². The maximum Gasteiger partial charge on any atom is 0.417 e. The number of rotatable bonds is 0. The third-order valence-electron chi connectivity index (χ3n) is 4.42. The van der Waals surface area contributed by atoms with Gasteiger partial charge in [-0.25, -0.2) is 0 Å². The van der Waals surface area contributed by atoms with Crippen LogP contribution in [0.1, 0.15) is 17.2 Å². The lowest BCUT2D eigenvalue weighted by atomic mass is 9.95. The van der Waals surface area contributed by atoms with Crippen LogP contribution in [-0.4, -0.2) is 23.5 Å². The molecular formula is C16H12ClF3N2. The average molecular weight is 325 g/mol. The van der Waals surface area contributed by atoms with Gasteiger partial charge in [-0.3, -0.25) is 4.99 Å². The van der Waals surface area contributed by atoms with E-state index in [1.165, 1.54) is 5.56 Å². The number of halogens is 4. The Kier molecular flexibility index (Phi) is 2.92. The predicted octanol–water partition coefficient (Wildman–Crippen LogP) is 4.20. The number of fused-ring (bicyclic) bond motifs is 5. The van der Waals surface area contributed by atoms with Crippen LogP contribution in [0.4, 0.5) is 13.2 Å². The van der Waals surface area contributed by atoms with E-state index in [0.717, 1.165) is 24.3 Å². The Bertz CT molecular complexity index is 733. The number of amidine groups is 1. The Labute approximate surface area is 130 Å². The fourth-order valence-electron chi connectivity index (χ4n) is 3.50. The molecule has 2 aliphatic heterocycles. The normalized spacial score (nSPS) is 26.5. The van der Waals surface area contributed by atoms with E-state index >= 15 is 0 Å². The molecular weight excluding hydrogens is 313 g/mol. The summed E-state index contributed by atoms with van der Waals surface area (Å²) in [6.07, 6.45) is -1.48. The molecule has 0 aromatic heterocycles. The molecule has 0 amide bonds. The van der Waals surface area contributed by atoms with E-state index in [2.05, 4.69) is 4.99 Å². The molecule has 2 nitrogen and oxygen atoms in total. The van der Waals surface area contributed by atoms with Crippen molar-refractivity contribution in [2.24, 2.45) is 10.9 Å². The molecule has 2 heterocycles. The van der Waals surface area contributed by atoms with Crippen molar-refractivity contribution in [3.63, 3.8) is 0 Å². The van der Waals surface area contributed by atoms with Gasteiger partial charge in [-0.15, -0.1) is 0 Å². The van der Waals surface area contributed by atoms with Crippen molar-refractivity contribution in [2.45, 2.75) is 18.6 Å². The van der Waals surface area contributed by atoms with Crippen LogP contribution in [-0.2, 0) is 6.42 Å². The maximum absolute atomic E-state index is 13.1. The molecule has 0 fully saturated rings. The summed E-state index contributed by atoms with van der Waals surface area (Å²) in [5, 5.41) is 0.0534. The van der Waals surface area contributed by atoms with E-state index in [1.54, 1.807) is 4.90 Å². The Morgan fingerprint density at radius 2 is 2.00 bits per heavy atom. The van der Waals surface area contributed by atoms with Crippen LogP contribution in [0.25, 0.3) is 0 Å². The maximum atomic E-state index is 13.1. The summed E-state index contributed by atoms with van der Waals surface area (Å²) < 4.78 is 39.2. The lowest BCUT2D eigenvalue weighted by Crippen LogP contribution is -2.41. The molecule has 114 valence electrons. The third-order valence-corrected chi connectivity index (χ3v) is 4.70. The number of nitrogens with zero attached hydrogens (tertiary/aromatic N) is 2. The number of hydrogen-bond donors (Lipinski definition) is 0. The summed E-state index contributed by atoms with van der Waals surface area (Å²) in [7, 11) is 0. The molecule has 1 aromatic rings. The van der Waals surface area contributed by atoms with Gasteiger partial charge in [-0.1, -0.05) is 35.9 Å². The number of alkyl halides is 3. The highest BCUT2D eigenvalue weighted by atomic mass is 35.5. The highest BCUT2D eigenvalue weighted by Crippen LogP contribution is 2.46. The van der Waals surface area contributed by atoms with Gasteiger partial charge in [0.05, 0.1) is 16.6 Å². The fourth-order valence-corrected chi connectivity index (χ4v) is 3.77. The Morgan fingerprint density at radius 3 is 2.77 bits per heavy atom. The van der Waals surface area contributed by atoms with Crippen LogP contribution in [0.15, 0.2) is 52.1 Å². The van der Waals surface area contributed by atoms with E-state index in [0.29, 0.717) is 12.4 Å². The minimum absolute atomic E-state index is 0.0534. The van der Waals surface area contributed by atoms with Gasteiger partial charge in [0.15, 0.2) is 0 Å². The second kappa shape index (κ2) is 4.62. The highest BCUT2D eigenvalue weighted by Gasteiger charge is 2.44. The zero-order valence-corrected chi connectivity index (χ0v) is 12.2. The monoisotopic (exact) mass is 324 g/mol. The van der Waals surface area contributed by atoms with Crippen molar-refractivity contribution in [3.8, 4) is 0 Å². The molecule has 2 atom stereocenters. The Morgan fingerprint density at radius 1 is 1.23 bits per heavy atom. The zero-order chi connectivity index (χ0) is 15.5. The van der Waals surface area contributed by atoms with Crippen molar-refractivity contribution >= 4 is 17.4 Å². The number of allylic oxidation sites excluding steroid dienone is 2. The largest absolute Gasteiger partial charge is 0.417 e. The molecule has 0 radical (unpaired) electrons. The SMILES string of the molecule is FC(F)(F)C1=CN2C(=NC[C@@H]3Cc4ccccc4[C@@H]32)C(Cl)=C1. The van der Waals surface area contributed by atoms with Gasteiger partial charge in [0.2, 0.25) is 0 Å². The minimum Gasteiger partial charge on any atom is -0.324 e. The first kappa shape index (κ1) is 13.9. The molecule has 1 aliphatic carbocycles. The third kappa shape index (κ3) is 1.99. The lowest BCUT2D eigenvalue weighted by molar-refractivity contribution is -0.0894. The number of benzene rings is 1. The van der Waals surface area contributed by atoms with Gasteiger partial charge < -0.3 is 4.90 Å². The van der Waals surface area contributed by atoms with E-state index in [4.69, 9.17) is 11.6 Å². The quantitative estimate of drug-likeness (QED) is 0.698. The second-order valence-electron chi connectivity index (χ2n) is 5.75. The Balaban J connectivity index is 1.83. The topological polar surface area (TPSA) is 15.6 Å². The van der Waals surface area contributed by atoms with Crippen LogP contribution >= 0.6 is 11.6 Å². The Hall–Kier alpha value is -1.75. The van der Waals surface area contributed by atoms with Gasteiger partial charge in [-0.2, -0.15) is 13.2 Å². The molecule has 0 unspecified atom stereocenters. The second-order valence-corrected chi connectivity index (χ2v) is 6.16. The van der Waals surface area contributed by atoms with Crippen molar-refractivity contribution in [2.75, 3.05) is 6.54 Å². The highest BCUT2D eigenvalue weighted by molar-refractivity contribution is 6.43. The molecule has 3 aliphatic rings. The van der Waals surface area contributed by atoms with Crippen molar-refractivity contribution in [1.29, 1.82) is 0 Å². The van der Waals surface area contributed by atoms with E-state index < -0.39 is 11.7 Å². The average Bonchev–Trinajstić information content (AvgIpc) is 2.84. The van der Waals surface area contributed by atoms with Crippen LogP contribution in [0, 0.1) is 5.92 Å². The minimum atomic E-state index is -4.42. The summed E-state index contributed by atoms with van der Waals surface area (Å²) in [5.41, 5.74) is 1.52. The lowest BCUT2D eigenvalue weighted by Gasteiger charge is -2.39. The summed E-state index contributed by atoms with van der Waals surface area (Å²) in [5.74, 6) is 0.627. The van der Waals surface area contributed by atoms with E-state index in [-0.39, 0.29) is 17.0 Å². The predicted molar refractivity (Wildman–Crippen MR) is 78.6 cm³/mol. The molecule has 0 N–H and O–H groups in total. The molecule has 1 aromatic carbocycles. The van der Waals surface area contributed by atoms with Crippen LogP contribution in [0.2, 0.25) is 0 Å². The summed E-state index contributed by atoms with van der Waals surface area (Å²) in [6, 6.07) is 7.77. The zero-order valence-electron chi connectivity index (χ0n) is 11.4. The molecule has 0 spiro atoms. The molecule has 0 saturated carbocycles. The molecule has 4 rings (SSSR count). The van der Waals surface area contributed by atoms with Gasteiger partial charge >= 0.3 is 6.18 Å². The summed E-state index contributed by atoms with van der Waals surface area (Å²) >= 11 is 6.06. The first-order valence-electron chi connectivity index (χ1n) is 7.02. The molecule has 22 heavy (non-hydrogen) atoms. The fraction of sp³-hybridized carbons (Fsp3) is 0.312. The smallest absolute Gasteiger partial charge is 0.324 e. The van der Waals surface area contributed by atoms with Crippen molar-refractivity contribution in [3.05, 3.63) is 58.3 Å². The first-order valence-corrected chi connectivity index (χ1v) is 7.40. The first-order chi connectivity index (χ1) is 10.4. The molecule has 6 heteroatoms. The van der Waals surface area contributed by atoms with Crippen molar-refractivity contribution in [1.82, 2.24) is 4.90 Å². The van der Waals surface area contributed by atoms with E-state index in [1.807, 2.05) is 24.3 Å². The van der Waals surface area contributed by atoms with Gasteiger partial charge in [0.25, 0.3) is 0 Å². The number of hydrogen-bond acceptors (Lipinski definition) is 2. The summed E-state index contributed by atoms with van der Waals surface area (Å²) in [6.45, 7) is 0.588. The molecule has 0 bridgehead atoms. The van der Waals surface area contributed by atoms with Crippen LogP contribution < -0.4 is 0 Å². The van der Waals surface area contributed by atoms with E-state index in [9.17, 15) is 13.2 Å². The standard InChI is InChI=1S/C16H12ClF3N2/c17-13-6-11(16(18,19)20)8-22-14-10(7-21-15(13)22)5-9-3-1-2-4-12(9)14/h1-4,6,8,10,14H,5,7H2/t10-,14+/m0/s1. The number of aliphatic imine (C=N–C) groups is 1.